The molecule has 3 heteroatoms. The molecule has 0 aromatic carbocycles. The fourth-order valence-corrected chi connectivity index (χ4v) is 0.684. The Morgan fingerprint density at radius 2 is 1.90 bits per heavy atom. The number of rotatable bonds is 4. The SMILES string of the molecule is CC(=O)CC(CO)C(C)=O. The summed E-state index contributed by atoms with van der Waals surface area (Å²) >= 11 is 0. The molecular weight excluding hydrogens is 132 g/mol. The van der Waals surface area contributed by atoms with Gasteiger partial charge in [0.05, 0.1) is 6.61 Å². The average molecular weight is 144 g/mol. The lowest BCUT2D eigenvalue weighted by atomic mass is 10.0. The number of carbonyl (C=O) groups is 2. The second-order valence-electron chi connectivity index (χ2n) is 2.40. The maximum Gasteiger partial charge on any atom is 0.135 e. The van der Waals surface area contributed by atoms with Crippen molar-refractivity contribution in [3.05, 3.63) is 0 Å². The summed E-state index contributed by atoms with van der Waals surface area (Å²) in [5, 5.41) is 8.57. The van der Waals surface area contributed by atoms with E-state index in [0.29, 0.717) is 0 Å². The molecule has 0 radical (unpaired) electrons. The first-order valence-corrected chi connectivity index (χ1v) is 3.18. The van der Waals surface area contributed by atoms with Gasteiger partial charge < -0.3 is 9.90 Å². The van der Waals surface area contributed by atoms with Gasteiger partial charge in [-0.25, -0.2) is 0 Å². The molecule has 1 unspecified atom stereocenters. The minimum atomic E-state index is -0.488. The van der Waals surface area contributed by atoms with Crippen molar-refractivity contribution in [2.45, 2.75) is 20.3 Å². The Labute approximate surface area is 60.0 Å². The van der Waals surface area contributed by atoms with Crippen molar-refractivity contribution < 1.29 is 14.7 Å². The van der Waals surface area contributed by atoms with Gasteiger partial charge in [0.15, 0.2) is 0 Å². The van der Waals surface area contributed by atoms with Gasteiger partial charge in [-0.15, -0.1) is 0 Å². The predicted octanol–water partition coefficient (Wildman–Crippen LogP) is 0.163. The van der Waals surface area contributed by atoms with Crippen LogP contribution in [0, 0.1) is 5.92 Å². The zero-order valence-corrected chi connectivity index (χ0v) is 6.26. The van der Waals surface area contributed by atoms with Crippen molar-refractivity contribution >= 4 is 11.6 Å². The molecule has 1 N–H and O–H groups in total. The summed E-state index contributed by atoms with van der Waals surface area (Å²) in [6.45, 7) is 2.56. The molecule has 0 saturated carbocycles. The third kappa shape index (κ3) is 3.35. The van der Waals surface area contributed by atoms with Crippen molar-refractivity contribution in [1.82, 2.24) is 0 Å². The van der Waals surface area contributed by atoms with Crippen molar-refractivity contribution in [3.8, 4) is 0 Å². The average Bonchev–Trinajstić information content (AvgIpc) is 1.81. The highest BCUT2D eigenvalue weighted by Crippen LogP contribution is 2.03. The highest BCUT2D eigenvalue weighted by Gasteiger charge is 2.14. The second kappa shape index (κ2) is 4.17. The molecular formula is C7H12O3. The fourth-order valence-electron chi connectivity index (χ4n) is 0.684. The minimum Gasteiger partial charge on any atom is -0.396 e. The predicted molar refractivity (Wildman–Crippen MR) is 36.6 cm³/mol. The third-order valence-corrected chi connectivity index (χ3v) is 1.33. The van der Waals surface area contributed by atoms with Crippen LogP contribution in [-0.4, -0.2) is 23.3 Å². The van der Waals surface area contributed by atoms with Gasteiger partial charge >= 0.3 is 0 Å². The summed E-state index contributed by atoms with van der Waals surface area (Å²) in [6.07, 6.45) is 0.159. The molecule has 3 nitrogen and oxygen atoms in total. The van der Waals surface area contributed by atoms with Gasteiger partial charge in [0.1, 0.15) is 11.6 Å². The molecule has 0 bridgehead atoms. The van der Waals surface area contributed by atoms with Crippen LogP contribution in [0.1, 0.15) is 20.3 Å². The summed E-state index contributed by atoms with van der Waals surface area (Å²) in [7, 11) is 0. The van der Waals surface area contributed by atoms with E-state index >= 15 is 0 Å². The summed E-state index contributed by atoms with van der Waals surface area (Å²) in [5.74, 6) is -0.676. The number of hydrogen-bond acceptors (Lipinski definition) is 3. The number of carbonyl (C=O) groups excluding carboxylic acids is 2. The van der Waals surface area contributed by atoms with E-state index in [1.54, 1.807) is 0 Å². The van der Waals surface area contributed by atoms with E-state index in [9.17, 15) is 9.59 Å². The maximum atomic E-state index is 10.6. The van der Waals surface area contributed by atoms with Crippen LogP contribution in [0.15, 0.2) is 0 Å². The van der Waals surface area contributed by atoms with E-state index in [-0.39, 0.29) is 24.6 Å². The lowest BCUT2D eigenvalue weighted by Gasteiger charge is -2.05. The molecule has 0 fully saturated rings. The van der Waals surface area contributed by atoms with Crippen LogP contribution in [0.2, 0.25) is 0 Å². The number of ketones is 2. The van der Waals surface area contributed by atoms with E-state index < -0.39 is 5.92 Å². The van der Waals surface area contributed by atoms with Gasteiger partial charge in [-0.05, 0) is 13.8 Å². The molecule has 10 heavy (non-hydrogen) atoms. The molecule has 0 aliphatic carbocycles. The molecule has 0 aliphatic heterocycles. The Bertz CT molecular complexity index is 140. The molecule has 0 aromatic rings. The van der Waals surface area contributed by atoms with Crippen LogP contribution in [0.25, 0.3) is 0 Å². The van der Waals surface area contributed by atoms with Gasteiger partial charge in [0.2, 0.25) is 0 Å². The smallest absolute Gasteiger partial charge is 0.135 e. The number of aliphatic hydroxyl groups excluding tert-OH is 1. The maximum absolute atomic E-state index is 10.6. The Kier molecular flexibility index (Phi) is 3.88. The molecule has 0 spiro atoms. The van der Waals surface area contributed by atoms with E-state index in [0.717, 1.165) is 0 Å². The molecule has 0 saturated heterocycles. The van der Waals surface area contributed by atoms with E-state index in [1.807, 2.05) is 0 Å². The topological polar surface area (TPSA) is 54.4 Å². The Hall–Kier alpha value is -0.700. The van der Waals surface area contributed by atoms with E-state index in [2.05, 4.69) is 0 Å². The quantitative estimate of drug-likeness (QED) is 0.611. The summed E-state index contributed by atoms with van der Waals surface area (Å²) in [5.41, 5.74) is 0. The van der Waals surface area contributed by atoms with Crippen LogP contribution in [0.4, 0.5) is 0 Å². The van der Waals surface area contributed by atoms with Crippen LogP contribution in [-0.2, 0) is 9.59 Å². The molecule has 0 rings (SSSR count). The van der Waals surface area contributed by atoms with Crippen LogP contribution in [0.5, 0.6) is 0 Å². The van der Waals surface area contributed by atoms with E-state index in [1.165, 1.54) is 13.8 Å². The molecule has 0 aliphatic rings. The molecule has 0 aromatic heterocycles. The van der Waals surface area contributed by atoms with Crippen molar-refractivity contribution in [1.29, 1.82) is 0 Å². The summed E-state index contributed by atoms with van der Waals surface area (Å²) in [4.78, 5) is 21.1. The van der Waals surface area contributed by atoms with Crippen LogP contribution < -0.4 is 0 Å². The van der Waals surface area contributed by atoms with Crippen molar-refractivity contribution in [3.63, 3.8) is 0 Å². The molecule has 58 valence electrons. The molecule has 0 heterocycles. The molecule has 0 amide bonds. The van der Waals surface area contributed by atoms with Crippen LogP contribution >= 0.6 is 0 Å². The monoisotopic (exact) mass is 144 g/mol. The first-order chi connectivity index (χ1) is 4.57. The Morgan fingerprint density at radius 1 is 1.40 bits per heavy atom. The standard InChI is InChI=1S/C7H12O3/c1-5(9)3-7(4-8)6(2)10/h7-8H,3-4H2,1-2H3. The highest BCUT2D eigenvalue weighted by molar-refractivity contribution is 5.85. The van der Waals surface area contributed by atoms with Gasteiger partial charge in [0.25, 0.3) is 0 Å². The number of hydrogen-bond donors (Lipinski definition) is 1. The fraction of sp³-hybridized carbons (Fsp3) is 0.714. The van der Waals surface area contributed by atoms with Gasteiger partial charge in [-0.1, -0.05) is 0 Å². The Balaban J connectivity index is 3.83. The number of aliphatic hydroxyl groups is 1. The van der Waals surface area contributed by atoms with Gasteiger partial charge in [-0.2, -0.15) is 0 Å². The van der Waals surface area contributed by atoms with Crippen molar-refractivity contribution in [2.24, 2.45) is 5.92 Å². The first kappa shape index (κ1) is 9.30. The van der Waals surface area contributed by atoms with Gasteiger partial charge in [0, 0.05) is 12.3 Å². The third-order valence-electron chi connectivity index (χ3n) is 1.33. The second-order valence-corrected chi connectivity index (χ2v) is 2.40. The zero-order valence-electron chi connectivity index (χ0n) is 6.26. The number of Topliss-reactive ketones (excluding diaryl/α,β-unsaturated/α-hetero) is 2. The van der Waals surface area contributed by atoms with Crippen LogP contribution in [0.3, 0.4) is 0 Å². The van der Waals surface area contributed by atoms with E-state index in [4.69, 9.17) is 5.11 Å². The lowest BCUT2D eigenvalue weighted by molar-refractivity contribution is -0.127. The largest absolute Gasteiger partial charge is 0.396 e. The van der Waals surface area contributed by atoms with Gasteiger partial charge in [-0.3, -0.25) is 4.79 Å². The Morgan fingerprint density at radius 3 is 2.00 bits per heavy atom. The first-order valence-electron chi connectivity index (χ1n) is 3.18. The highest BCUT2D eigenvalue weighted by atomic mass is 16.3. The lowest BCUT2D eigenvalue weighted by Crippen LogP contribution is -2.18. The molecule has 1 atom stereocenters. The minimum absolute atomic E-state index is 0.0609. The summed E-state index contributed by atoms with van der Waals surface area (Å²) in [6, 6.07) is 0. The summed E-state index contributed by atoms with van der Waals surface area (Å²) < 4.78 is 0. The van der Waals surface area contributed by atoms with Crippen molar-refractivity contribution in [2.75, 3.05) is 6.61 Å². The zero-order chi connectivity index (χ0) is 8.15. The normalized spacial score (nSPS) is 12.7.